The summed E-state index contributed by atoms with van der Waals surface area (Å²) in [5.41, 5.74) is -0.624. The number of aromatic nitrogens is 3. The molecule has 0 unspecified atom stereocenters. The van der Waals surface area contributed by atoms with Crippen LogP contribution in [0, 0.1) is 22.9 Å². The van der Waals surface area contributed by atoms with E-state index in [9.17, 15) is 19.3 Å². The molecule has 0 spiro atoms. The number of benzene rings is 1. The fourth-order valence-corrected chi connectivity index (χ4v) is 1.75. The molecule has 1 amide bonds. The van der Waals surface area contributed by atoms with Crippen LogP contribution in [-0.2, 0) is 6.54 Å². The molecule has 0 radical (unpaired) electrons. The van der Waals surface area contributed by atoms with Gasteiger partial charge in [-0.25, -0.2) is 4.39 Å². The lowest BCUT2D eigenvalue weighted by Gasteiger charge is -2.07. The minimum Gasteiger partial charge on any atom is -0.350 e. The lowest BCUT2D eigenvalue weighted by molar-refractivity contribution is -0.385. The monoisotopic (exact) mass is 293 g/mol. The first-order valence-corrected chi connectivity index (χ1v) is 6.06. The Kier molecular flexibility index (Phi) is 4.21. The third-order valence-corrected chi connectivity index (χ3v) is 2.79. The second kappa shape index (κ2) is 6.07. The molecular formula is C12H12FN5O3. The van der Waals surface area contributed by atoms with Crippen molar-refractivity contribution >= 4 is 11.6 Å². The molecule has 1 aromatic heterocycles. The standard InChI is InChI=1S/C12H12FN5O3/c1-8-6-9(18(20)21)7-10(11(8)13)12(19)14-2-4-17-5-3-15-16-17/h3,5-7H,2,4H2,1H3,(H,14,19). The van der Waals surface area contributed by atoms with Gasteiger partial charge in [-0.2, -0.15) is 0 Å². The van der Waals surface area contributed by atoms with Gasteiger partial charge in [0.2, 0.25) is 0 Å². The average Bonchev–Trinajstić information content (AvgIpc) is 2.94. The fraction of sp³-hybridized carbons (Fsp3) is 0.250. The Morgan fingerprint density at radius 2 is 2.29 bits per heavy atom. The van der Waals surface area contributed by atoms with Gasteiger partial charge in [0, 0.05) is 24.9 Å². The summed E-state index contributed by atoms with van der Waals surface area (Å²) in [5, 5.41) is 20.5. The number of amides is 1. The van der Waals surface area contributed by atoms with Crippen molar-refractivity contribution in [3.05, 3.63) is 51.6 Å². The summed E-state index contributed by atoms with van der Waals surface area (Å²) in [4.78, 5) is 22.0. The highest BCUT2D eigenvalue weighted by molar-refractivity contribution is 5.95. The third-order valence-electron chi connectivity index (χ3n) is 2.79. The smallest absolute Gasteiger partial charge is 0.270 e. The maximum Gasteiger partial charge on any atom is 0.270 e. The molecule has 9 heteroatoms. The van der Waals surface area contributed by atoms with E-state index in [0.29, 0.717) is 6.54 Å². The number of carbonyl (C=O) groups is 1. The molecule has 1 N–H and O–H groups in total. The van der Waals surface area contributed by atoms with Gasteiger partial charge in [-0.3, -0.25) is 19.6 Å². The van der Waals surface area contributed by atoms with Gasteiger partial charge in [-0.1, -0.05) is 5.21 Å². The Morgan fingerprint density at radius 3 is 2.90 bits per heavy atom. The van der Waals surface area contributed by atoms with E-state index in [-0.39, 0.29) is 23.4 Å². The van der Waals surface area contributed by atoms with Crippen molar-refractivity contribution in [1.82, 2.24) is 20.3 Å². The van der Waals surface area contributed by atoms with Crippen LogP contribution in [0.1, 0.15) is 15.9 Å². The van der Waals surface area contributed by atoms with Crippen LogP contribution in [0.15, 0.2) is 24.5 Å². The lowest BCUT2D eigenvalue weighted by Crippen LogP contribution is -2.28. The minimum absolute atomic E-state index is 0.0469. The van der Waals surface area contributed by atoms with Crippen molar-refractivity contribution in [1.29, 1.82) is 0 Å². The van der Waals surface area contributed by atoms with Crippen LogP contribution in [0.25, 0.3) is 0 Å². The second-order valence-electron chi connectivity index (χ2n) is 4.30. The Labute approximate surface area is 118 Å². The van der Waals surface area contributed by atoms with E-state index in [1.54, 1.807) is 6.20 Å². The molecule has 0 aliphatic rings. The zero-order valence-electron chi connectivity index (χ0n) is 11.1. The maximum atomic E-state index is 13.9. The summed E-state index contributed by atoms with van der Waals surface area (Å²) in [6, 6.07) is 2.01. The van der Waals surface area contributed by atoms with Gasteiger partial charge in [0.05, 0.1) is 23.2 Å². The summed E-state index contributed by atoms with van der Waals surface area (Å²) in [7, 11) is 0. The molecule has 0 atom stereocenters. The summed E-state index contributed by atoms with van der Waals surface area (Å²) < 4.78 is 15.4. The summed E-state index contributed by atoms with van der Waals surface area (Å²) in [6.07, 6.45) is 3.11. The van der Waals surface area contributed by atoms with Crippen molar-refractivity contribution in [2.45, 2.75) is 13.5 Å². The molecule has 110 valence electrons. The molecule has 0 fully saturated rings. The van der Waals surface area contributed by atoms with Gasteiger partial charge in [-0.05, 0) is 12.5 Å². The number of hydrogen-bond acceptors (Lipinski definition) is 5. The Morgan fingerprint density at radius 1 is 1.52 bits per heavy atom. The number of nitro benzene ring substituents is 1. The fourth-order valence-electron chi connectivity index (χ4n) is 1.75. The van der Waals surface area contributed by atoms with E-state index in [1.165, 1.54) is 17.8 Å². The number of nitrogens with one attached hydrogen (secondary N) is 1. The molecule has 0 saturated heterocycles. The first kappa shape index (κ1) is 14.6. The van der Waals surface area contributed by atoms with E-state index < -0.39 is 16.6 Å². The van der Waals surface area contributed by atoms with E-state index in [4.69, 9.17) is 0 Å². The lowest BCUT2D eigenvalue weighted by atomic mass is 10.1. The molecule has 0 aliphatic heterocycles. The van der Waals surface area contributed by atoms with E-state index in [0.717, 1.165) is 12.1 Å². The van der Waals surface area contributed by atoms with Gasteiger partial charge in [0.15, 0.2) is 0 Å². The van der Waals surface area contributed by atoms with Gasteiger partial charge in [0.25, 0.3) is 11.6 Å². The normalized spacial score (nSPS) is 10.4. The first-order chi connectivity index (χ1) is 9.99. The van der Waals surface area contributed by atoms with Gasteiger partial charge in [0.1, 0.15) is 5.82 Å². The number of aryl methyl sites for hydroxylation is 1. The van der Waals surface area contributed by atoms with Crippen LogP contribution in [0.3, 0.4) is 0 Å². The number of non-ortho nitro benzene ring substituents is 1. The molecule has 0 aliphatic carbocycles. The molecule has 0 bridgehead atoms. The molecule has 0 saturated carbocycles. The van der Waals surface area contributed by atoms with Crippen LogP contribution < -0.4 is 5.32 Å². The molecule has 1 heterocycles. The van der Waals surface area contributed by atoms with Crippen molar-refractivity contribution in [3.8, 4) is 0 Å². The first-order valence-electron chi connectivity index (χ1n) is 6.06. The van der Waals surface area contributed by atoms with Gasteiger partial charge < -0.3 is 5.32 Å². The third kappa shape index (κ3) is 3.38. The SMILES string of the molecule is Cc1cc([N+](=O)[O-])cc(C(=O)NCCn2ccnn2)c1F. The van der Waals surface area contributed by atoms with E-state index >= 15 is 0 Å². The van der Waals surface area contributed by atoms with Crippen molar-refractivity contribution in [2.24, 2.45) is 0 Å². The molecule has 1 aromatic carbocycles. The van der Waals surface area contributed by atoms with E-state index in [1.807, 2.05) is 0 Å². The zero-order chi connectivity index (χ0) is 15.4. The molecule has 8 nitrogen and oxygen atoms in total. The highest BCUT2D eigenvalue weighted by Gasteiger charge is 2.19. The van der Waals surface area contributed by atoms with Crippen molar-refractivity contribution in [3.63, 3.8) is 0 Å². The van der Waals surface area contributed by atoms with Crippen molar-refractivity contribution < 1.29 is 14.1 Å². The van der Waals surface area contributed by atoms with E-state index in [2.05, 4.69) is 15.6 Å². The largest absolute Gasteiger partial charge is 0.350 e. The Hall–Kier alpha value is -2.84. The molecule has 21 heavy (non-hydrogen) atoms. The number of rotatable bonds is 5. The number of nitrogens with zero attached hydrogens (tertiary/aromatic N) is 4. The van der Waals surface area contributed by atoms with Crippen LogP contribution in [-0.4, -0.2) is 32.4 Å². The Bertz CT molecular complexity index is 672. The zero-order valence-corrected chi connectivity index (χ0v) is 11.1. The van der Waals surface area contributed by atoms with Gasteiger partial charge >= 0.3 is 0 Å². The highest BCUT2D eigenvalue weighted by Crippen LogP contribution is 2.20. The molecule has 2 rings (SSSR count). The predicted octanol–water partition coefficient (Wildman–Crippen LogP) is 1.06. The van der Waals surface area contributed by atoms with Crippen LogP contribution in [0.2, 0.25) is 0 Å². The van der Waals surface area contributed by atoms with Crippen LogP contribution in [0.4, 0.5) is 10.1 Å². The maximum absolute atomic E-state index is 13.9. The summed E-state index contributed by atoms with van der Waals surface area (Å²) in [5.74, 6) is -1.47. The number of carbonyl (C=O) groups excluding carboxylic acids is 1. The molecule has 2 aromatic rings. The quantitative estimate of drug-likeness (QED) is 0.656. The molecular weight excluding hydrogens is 281 g/mol. The summed E-state index contributed by atoms with van der Waals surface area (Å²) in [6.45, 7) is 1.93. The predicted molar refractivity (Wildman–Crippen MR) is 70.1 cm³/mol. The topological polar surface area (TPSA) is 103 Å². The number of hydrogen-bond donors (Lipinski definition) is 1. The number of halogens is 1. The van der Waals surface area contributed by atoms with Gasteiger partial charge in [-0.15, -0.1) is 5.10 Å². The van der Waals surface area contributed by atoms with Crippen LogP contribution in [0.5, 0.6) is 0 Å². The second-order valence-corrected chi connectivity index (χ2v) is 4.30. The minimum atomic E-state index is -0.765. The van der Waals surface area contributed by atoms with Crippen molar-refractivity contribution in [2.75, 3.05) is 6.54 Å². The average molecular weight is 293 g/mol. The number of nitro groups is 1. The van der Waals surface area contributed by atoms with Crippen LogP contribution >= 0.6 is 0 Å². The highest BCUT2D eigenvalue weighted by atomic mass is 19.1. The Balaban J connectivity index is 2.09. The summed E-state index contributed by atoms with van der Waals surface area (Å²) >= 11 is 0.